The minimum absolute atomic E-state index is 0.661. The van der Waals surface area contributed by atoms with Crippen LogP contribution >= 0.6 is 22.6 Å². The fourth-order valence-corrected chi connectivity index (χ4v) is 1.40. The van der Waals surface area contributed by atoms with Crippen LogP contribution in [-0.4, -0.2) is 5.97 Å². The van der Waals surface area contributed by atoms with Gasteiger partial charge in [0.05, 0.1) is 5.97 Å². The zero-order valence-electron chi connectivity index (χ0n) is 8.24. The number of carboxylic acid groups (broad SMARTS) is 1. The molecule has 0 atom stereocenters. The van der Waals surface area contributed by atoms with E-state index in [1.807, 2.05) is 30.3 Å². The SMILES string of the molecule is CC(=C/C(=O)[O-])/C=C/c1ccc(I)cc1. The van der Waals surface area contributed by atoms with Gasteiger partial charge in [-0.1, -0.05) is 24.3 Å². The Morgan fingerprint density at radius 3 is 2.47 bits per heavy atom. The lowest BCUT2D eigenvalue weighted by atomic mass is 10.1. The number of hydrogen-bond donors (Lipinski definition) is 0. The summed E-state index contributed by atoms with van der Waals surface area (Å²) in [4.78, 5) is 10.2. The van der Waals surface area contributed by atoms with Crippen LogP contribution in [0.3, 0.4) is 0 Å². The number of benzene rings is 1. The van der Waals surface area contributed by atoms with Crippen molar-refractivity contribution in [2.45, 2.75) is 6.92 Å². The van der Waals surface area contributed by atoms with E-state index in [9.17, 15) is 9.90 Å². The first-order valence-corrected chi connectivity index (χ1v) is 5.49. The average molecular weight is 313 g/mol. The van der Waals surface area contributed by atoms with Gasteiger partial charge >= 0.3 is 0 Å². The number of hydrogen-bond acceptors (Lipinski definition) is 2. The molecule has 0 heterocycles. The second kappa shape index (κ2) is 5.70. The summed E-state index contributed by atoms with van der Waals surface area (Å²) in [5.74, 6) is -1.17. The Morgan fingerprint density at radius 1 is 1.33 bits per heavy atom. The quantitative estimate of drug-likeness (QED) is 0.486. The van der Waals surface area contributed by atoms with Gasteiger partial charge in [0.1, 0.15) is 0 Å². The number of carbonyl (C=O) groups excluding carboxylic acids is 1. The molecule has 0 aliphatic heterocycles. The Hall–Kier alpha value is -1.10. The van der Waals surface area contributed by atoms with Gasteiger partial charge in [0, 0.05) is 3.57 Å². The molecule has 3 heteroatoms. The van der Waals surface area contributed by atoms with Crippen molar-refractivity contribution in [3.8, 4) is 0 Å². The van der Waals surface area contributed by atoms with Crippen LogP contribution in [0.15, 0.2) is 42.0 Å². The van der Waals surface area contributed by atoms with Gasteiger partial charge in [0.25, 0.3) is 0 Å². The van der Waals surface area contributed by atoms with Crippen molar-refractivity contribution in [2.24, 2.45) is 0 Å². The van der Waals surface area contributed by atoms with Crippen molar-refractivity contribution in [3.63, 3.8) is 0 Å². The lowest BCUT2D eigenvalue weighted by Crippen LogP contribution is -2.19. The molecular formula is C12H10IO2-. The van der Waals surface area contributed by atoms with E-state index in [-0.39, 0.29) is 0 Å². The van der Waals surface area contributed by atoms with Crippen molar-refractivity contribution >= 4 is 34.6 Å². The number of aliphatic carboxylic acids is 1. The van der Waals surface area contributed by atoms with Gasteiger partial charge in [-0.05, 0) is 58.9 Å². The molecule has 0 aromatic heterocycles. The van der Waals surface area contributed by atoms with Crippen LogP contribution in [-0.2, 0) is 4.79 Å². The van der Waals surface area contributed by atoms with Crippen molar-refractivity contribution in [2.75, 3.05) is 0 Å². The molecule has 0 saturated carbocycles. The molecule has 0 aliphatic carbocycles. The minimum Gasteiger partial charge on any atom is -0.545 e. The molecule has 0 saturated heterocycles. The van der Waals surface area contributed by atoms with Crippen molar-refractivity contribution < 1.29 is 9.90 Å². The topological polar surface area (TPSA) is 40.1 Å². The largest absolute Gasteiger partial charge is 0.545 e. The Labute approximate surface area is 102 Å². The first-order chi connectivity index (χ1) is 7.08. The molecule has 78 valence electrons. The van der Waals surface area contributed by atoms with Crippen molar-refractivity contribution in [3.05, 3.63) is 51.1 Å². The van der Waals surface area contributed by atoms with Crippen LogP contribution in [0, 0.1) is 3.57 Å². The Kier molecular flexibility index (Phi) is 4.55. The molecule has 0 amide bonds. The summed E-state index contributed by atoms with van der Waals surface area (Å²) < 4.78 is 1.17. The smallest absolute Gasteiger partial charge is 0.0645 e. The fraction of sp³-hybridized carbons (Fsp3) is 0.0833. The van der Waals surface area contributed by atoms with E-state index in [0.29, 0.717) is 5.57 Å². The van der Waals surface area contributed by atoms with Gasteiger partial charge < -0.3 is 9.90 Å². The summed E-state index contributed by atoms with van der Waals surface area (Å²) in [7, 11) is 0. The predicted octanol–water partition coefficient (Wildman–Crippen LogP) is 2.00. The zero-order valence-corrected chi connectivity index (χ0v) is 10.4. The third-order valence-electron chi connectivity index (χ3n) is 1.75. The molecule has 0 fully saturated rings. The molecule has 0 radical (unpaired) electrons. The predicted molar refractivity (Wildman–Crippen MR) is 67.0 cm³/mol. The molecule has 15 heavy (non-hydrogen) atoms. The molecule has 0 unspecified atom stereocenters. The van der Waals surface area contributed by atoms with E-state index in [4.69, 9.17) is 0 Å². The van der Waals surface area contributed by atoms with Gasteiger partial charge in [-0.15, -0.1) is 0 Å². The second-order valence-corrected chi connectivity index (χ2v) is 4.34. The van der Waals surface area contributed by atoms with Crippen LogP contribution in [0.1, 0.15) is 12.5 Å². The molecule has 0 N–H and O–H groups in total. The number of carbonyl (C=O) groups is 1. The first-order valence-electron chi connectivity index (χ1n) is 4.41. The summed E-state index contributed by atoms with van der Waals surface area (Å²) >= 11 is 2.23. The molecule has 0 aliphatic rings. The van der Waals surface area contributed by atoms with E-state index in [1.54, 1.807) is 13.0 Å². The van der Waals surface area contributed by atoms with Crippen molar-refractivity contribution in [1.82, 2.24) is 0 Å². The Balaban J connectivity index is 2.73. The monoisotopic (exact) mass is 313 g/mol. The first kappa shape index (κ1) is 12.0. The van der Waals surface area contributed by atoms with Gasteiger partial charge in [-0.2, -0.15) is 0 Å². The normalized spacial score (nSPS) is 12.0. The fourth-order valence-electron chi connectivity index (χ4n) is 1.04. The molecule has 0 spiro atoms. The zero-order chi connectivity index (χ0) is 11.3. The maximum atomic E-state index is 10.2. The number of halogens is 1. The molecular weight excluding hydrogens is 303 g/mol. The number of carboxylic acids is 1. The van der Waals surface area contributed by atoms with Crippen LogP contribution in [0.4, 0.5) is 0 Å². The van der Waals surface area contributed by atoms with E-state index < -0.39 is 5.97 Å². The van der Waals surface area contributed by atoms with E-state index in [2.05, 4.69) is 22.6 Å². The van der Waals surface area contributed by atoms with Crippen LogP contribution in [0.25, 0.3) is 6.08 Å². The third-order valence-corrected chi connectivity index (χ3v) is 2.47. The lowest BCUT2D eigenvalue weighted by molar-refractivity contribution is -0.297. The second-order valence-electron chi connectivity index (χ2n) is 3.09. The van der Waals surface area contributed by atoms with E-state index in [1.165, 1.54) is 3.57 Å². The molecule has 1 rings (SSSR count). The highest BCUT2D eigenvalue weighted by Crippen LogP contribution is 2.09. The minimum atomic E-state index is -1.17. The average Bonchev–Trinajstić information content (AvgIpc) is 2.16. The molecule has 1 aromatic rings. The lowest BCUT2D eigenvalue weighted by Gasteiger charge is -1.96. The number of allylic oxidation sites excluding steroid dienone is 2. The van der Waals surface area contributed by atoms with E-state index >= 15 is 0 Å². The van der Waals surface area contributed by atoms with Gasteiger partial charge in [-0.3, -0.25) is 0 Å². The van der Waals surface area contributed by atoms with Crippen molar-refractivity contribution in [1.29, 1.82) is 0 Å². The van der Waals surface area contributed by atoms with Crippen LogP contribution < -0.4 is 5.11 Å². The summed E-state index contributed by atoms with van der Waals surface area (Å²) in [6.45, 7) is 1.72. The van der Waals surface area contributed by atoms with Gasteiger partial charge in [0.2, 0.25) is 0 Å². The molecule has 2 nitrogen and oxygen atoms in total. The van der Waals surface area contributed by atoms with Crippen LogP contribution in [0.2, 0.25) is 0 Å². The molecule has 0 bridgehead atoms. The van der Waals surface area contributed by atoms with Gasteiger partial charge in [-0.25, -0.2) is 0 Å². The third kappa shape index (κ3) is 4.78. The summed E-state index contributed by atoms with van der Waals surface area (Å²) in [5.41, 5.74) is 1.70. The number of rotatable bonds is 3. The van der Waals surface area contributed by atoms with Crippen LogP contribution in [0.5, 0.6) is 0 Å². The Morgan fingerprint density at radius 2 is 1.93 bits per heavy atom. The Bertz CT molecular complexity index is 402. The summed E-state index contributed by atoms with van der Waals surface area (Å²) in [6.07, 6.45) is 4.69. The summed E-state index contributed by atoms with van der Waals surface area (Å²) in [5, 5.41) is 10.2. The highest BCUT2D eigenvalue weighted by molar-refractivity contribution is 14.1. The standard InChI is InChI=1S/C12H11IO2/c1-9(8-12(14)15)2-3-10-4-6-11(13)7-5-10/h2-8H,1H3,(H,14,15)/p-1/b3-2+,9-8-. The van der Waals surface area contributed by atoms with E-state index in [0.717, 1.165) is 11.6 Å². The maximum Gasteiger partial charge on any atom is 0.0645 e. The highest BCUT2D eigenvalue weighted by atomic mass is 127. The molecule has 1 aromatic carbocycles. The summed E-state index contributed by atoms with van der Waals surface area (Å²) in [6, 6.07) is 7.95. The highest BCUT2D eigenvalue weighted by Gasteiger charge is 1.87. The van der Waals surface area contributed by atoms with Gasteiger partial charge in [0.15, 0.2) is 0 Å². The maximum absolute atomic E-state index is 10.2.